The molecule has 0 aromatic heterocycles. The summed E-state index contributed by atoms with van der Waals surface area (Å²) in [5.41, 5.74) is 7.57. The van der Waals surface area contributed by atoms with Gasteiger partial charge < -0.3 is 10.6 Å². The van der Waals surface area contributed by atoms with Crippen LogP contribution in [0.15, 0.2) is 18.2 Å². The summed E-state index contributed by atoms with van der Waals surface area (Å²) in [5, 5.41) is 0. The fourth-order valence-corrected chi connectivity index (χ4v) is 2.33. The minimum Gasteiger partial charge on any atom is -0.371 e. The van der Waals surface area contributed by atoms with E-state index < -0.39 is 0 Å². The van der Waals surface area contributed by atoms with Crippen molar-refractivity contribution in [2.75, 3.05) is 24.5 Å². The molecular weight excluding hydrogens is 227 g/mol. The molecule has 0 saturated heterocycles. The van der Waals surface area contributed by atoms with Gasteiger partial charge in [0.15, 0.2) is 0 Å². The topological polar surface area (TPSA) is 29.3 Å². The van der Waals surface area contributed by atoms with Crippen LogP contribution in [-0.2, 0) is 6.42 Å². The molecule has 1 aromatic carbocycles. The maximum Gasteiger partial charge on any atom is 0.125 e. The molecule has 2 N–H and O–H groups in total. The number of anilines is 1. The lowest BCUT2D eigenvalue weighted by atomic mass is 10.1. The van der Waals surface area contributed by atoms with Gasteiger partial charge in [0.05, 0.1) is 0 Å². The standard InChI is InChI=1S/C15H23FN2/c1-2-7-18(11-12-3-4-12)15-9-13(5-6-17)8-14(16)10-15/h8-10,12H,2-7,11,17H2,1H3. The van der Waals surface area contributed by atoms with Crippen molar-refractivity contribution in [3.63, 3.8) is 0 Å². The average Bonchev–Trinajstić information content (AvgIpc) is 3.12. The van der Waals surface area contributed by atoms with Gasteiger partial charge in [-0.2, -0.15) is 0 Å². The summed E-state index contributed by atoms with van der Waals surface area (Å²) >= 11 is 0. The molecule has 2 rings (SSSR count). The van der Waals surface area contributed by atoms with Crippen molar-refractivity contribution in [3.05, 3.63) is 29.6 Å². The van der Waals surface area contributed by atoms with Crippen LogP contribution in [0.3, 0.4) is 0 Å². The molecule has 0 unspecified atom stereocenters. The smallest absolute Gasteiger partial charge is 0.125 e. The van der Waals surface area contributed by atoms with E-state index in [0.29, 0.717) is 6.54 Å². The van der Waals surface area contributed by atoms with Gasteiger partial charge in [0, 0.05) is 18.8 Å². The molecule has 18 heavy (non-hydrogen) atoms. The van der Waals surface area contributed by atoms with Crippen LogP contribution in [0.5, 0.6) is 0 Å². The first-order valence-electron chi connectivity index (χ1n) is 6.97. The van der Waals surface area contributed by atoms with Gasteiger partial charge in [-0.3, -0.25) is 0 Å². The minimum absolute atomic E-state index is 0.146. The summed E-state index contributed by atoms with van der Waals surface area (Å²) in [7, 11) is 0. The largest absolute Gasteiger partial charge is 0.371 e. The van der Waals surface area contributed by atoms with Crippen LogP contribution in [0, 0.1) is 11.7 Å². The Morgan fingerprint density at radius 3 is 2.72 bits per heavy atom. The van der Waals surface area contributed by atoms with Gasteiger partial charge in [-0.15, -0.1) is 0 Å². The third-order valence-corrected chi connectivity index (χ3v) is 3.41. The van der Waals surface area contributed by atoms with Crippen LogP contribution in [0.1, 0.15) is 31.7 Å². The molecule has 1 fully saturated rings. The summed E-state index contributed by atoms with van der Waals surface area (Å²) < 4.78 is 13.6. The lowest BCUT2D eigenvalue weighted by Crippen LogP contribution is -2.26. The highest BCUT2D eigenvalue weighted by Gasteiger charge is 2.24. The Morgan fingerprint density at radius 1 is 1.33 bits per heavy atom. The van der Waals surface area contributed by atoms with E-state index in [1.165, 1.54) is 12.8 Å². The number of hydrogen-bond acceptors (Lipinski definition) is 2. The second-order valence-electron chi connectivity index (χ2n) is 5.25. The molecule has 1 aliphatic carbocycles. The molecule has 0 radical (unpaired) electrons. The Bertz CT molecular complexity index is 388. The van der Waals surface area contributed by atoms with Crippen LogP contribution in [-0.4, -0.2) is 19.6 Å². The Kier molecular flexibility index (Phi) is 4.59. The van der Waals surface area contributed by atoms with Crippen molar-refractivity contribution in [2.24, 2.45) is 11.7 Å². The van der Waals surface area contributed by atoms with Gasteiger partial charge >= 0.3 is 0 Å². The van der Waals surface area contributed by atoms with Gasteiger partial charge in [-0.1, -0.05) is 6.92 Å². The van der Waals surface area contributed by atoms with Crippen molar-refractivity contribution in [1.82, 2.24) is 0 Å². The summed E-state index contributed by atoms with van der Waals surface area (Å²) in [5.74, 6) is 0.672. The van der Waals surface area contributed by atoms with E-state index >= 15 is 0 Å². The maximum absolute atomic E-state index is 13.6. The number of benzene rings is 1. The van der Waals surface area contributed by atoms with E-state index in [0.717, 1.165) is 43.1 Å². The molecule has 0 bridgehead atoms. The number of hydrogen-bond donors (Lipinski definition) is 1. The number of rotatable bonds is 7. The molecule has 0 heterocycles. The molecule has 1 aliphatic rings. The van der Waals surface area contributed by atoms with Crippen LogP contribution in [0.2, 0.25) is 0 Å². The molecule has 1 aromatic rings. The molecule has 0 aliphatic heterocycles. The van der Waals surface area contributed by atoms with Crippen molar-refractivity contribution < 1.29 is 4.39 Å². The molecule has 2 nitrogen and oxygen atoms in total. The monoisotopic (exact) mass is 250 g/mol. The van der Waals surface area contributed by atoms with Crippen molar-refractivity contribution in [2.45, 2.75) is 32.6 Å². The average molecular weight is 250 g/mol. The Labute approximate surface area is 109 Å². The van der Waals surface area contributed by atoms with Crippen LogP contribution >= 0.6 is 0 Å². The molecule has 0 atom stereocenters. The fourth-order valence-electron chi connectivity index (χ4n) is 2.33. The van der Waals surface area contributed by atoms with E-state index in [1.54, 1.807) is 12.1 Å². The number of nitrogens with two attached hydrogens (primary N) is 1. The zero-order valence-electron chi connectivity index (χ0n) is 11.2. The molecule has 1 saturated carbocycles. The van der Waals surface area contributed by atoms with Gasteiger partial charge in [0.1, 0.15) is 5.82 Å². The number of nitrogens with zero attached hydrogens (tertiary/aromatic N) is 1. The summed E-state index contributed by atoms with van der Waals surface area (Å²) in [4.78, 5) is 2.32. The zero-order valence-corrected chi connectivity index (χ0v) is 11.2. The maximum atomic E-state index is 13.6. The molecular formula is C15H23FN2. The Hall–Kier alpha value is -1.09. The third-order valence-electron chi connectivity index (χ3n) is 3.41. The number of halogens is 1. The van der Waals surface area contributed by atoms with Crippen LogP contribution < -0.4 is 10.6 Å². The molecule has 3 heteroatoms. The fraction of sp³-hybridized carbons (Fsp3) is 0.600. The summed E-state index contributed by atoms with van der Waals surface area (Å²) in [6, 6.07) is 5.34. The van der Waals surface area contributed by atoms with Crippen LogP contribution in [0.25, 0.3) is 0 Å². The first-order chi connectivity index (χ1) is 8.72. The highest BCUT2D eigenvalue weighted by molar-refractivity contribution is 5.49. The first-order valence-corrected chi connectivity index (χ1v) is 6.97. The summed E-state index contributed by atoms with van der Waals surface area (Å²) in [6.07, 6.45) is 4.49. The van der Waals surface area contributed by atoms with Gasteiger partial charge in [-0.05, 0) is 61.9 Å². The highest BCUT2D eigenvalue weighted by Crippen LogP contribution is 2.32. The Balaban J connectivity index is 2.15. The van der Waals surface area contributed by atoms with E-state index in [9.17, 15) is 4.39 Å². The lowest BCUT2D eigenvalue weighted by Gasteiger charge is -2.25. The predicted octanol–water partition coefficient (Wildman–Crippen LogP) is 2.95. The first kappa shape index (κ1) is 13.3. The highest BCUT2D eigenvalue weighted by atomic mass is 19.1. The molecule has 0 amide bonds. The molecule has 0 spiro atoms. The minimum atomic E-state index is -0.146. The van der Waals surface area contributed by atoms with Gasteiger partial charge in [-0.25, -0.2) is 4.39 Å². The normalized spacial score (nSPS) is 14.8. The van der Waals surface area contributed by atoms with Crippen molar-refractivity contribution >= 4 is 5.69 Å². The lowest BCUT2D eigenvalue weighted by molar-refractivity contribution is 0.622. The summed E-state index contributed by atoms with van der Waals surface area (Å²) in [6.45, 7) is 4.81. The zero-order chi connectivity index (χ0) is 13.0. The van der Waals surface area contributed by atoms with E-state index in [1.807, 2.05) is 0 Å². The van der Waals surface area contributed by atoms with E-state index in [4.69, 9.17) is 5.73 Å². The predicted molar refractivity (Wildman–Crippen MR) is 74.4 cm³/mol. The second-order valence-corrected chi connectivity index (χ2v) is 5.25. The van der Waals surface area contributed by atoms with Gasteiger partial charge in [0.2, 0.25) is 0 Å². The van der Waals surface area contributed by atoms with Crippen molar-refractivity contribution in [3.8, 4) is 0 Å². The van der Waals surface area contributed by atoms with E-state index in [2.05, 4.69) is 17.9 Å². The third kappa shape index (κ3) is 3.70. The van der Waals surface area contributed by atoms with Crippen LogP contribution in [0.4, 0.5) is 10.1 Å². The Morgan fingerprint density at radius 2 is 2.11 bits per heavy atom. The second kappa shape index (κ2) is 6.19. The SMILES string of the molecule is CCCN(CC1CC1)c1cc(F)cc(CCN)c1. The quantitative estimate of drug-likeness (QED) is 0.806. The van der Waals surface area contributed by atoms with E-state index in [-0.39, 0.29) is 5.82 Å². The molecule has 100 valence electrons. The van der Waals surface area contributed by atoms with Gasteiger partial charge in [0.25, 0.3) is 0 Å². The van der Waals surface area contributed by atoms with Crippen molar-refractivity contribution in [1.29, 1.82) is 0 Å².